The van der Waals surface area contributed by atoms with Gasteiger partial charge in [0.15, 0.2) is 0 Å². The SMILES string of the molecule is Nc1ccccc1C(=O)Nc1ccccc1C(=O)NC(Cc1ccccc1)C(=O)O. The lowest BCUT2D eigenvalue weighted by Crippen LogP contribution is -2.42. The van der Waals surface area contributed by atoms with Crippen LogP contribution < -0.4 is 16.4 Å². The fraction of sp³-hybridized carbons (Fsp3) is 0.0870. The van der Waals surface area contributed by atoms with Gasteiger partial charge in [0.1, 0.15) is 6.04 Å². The van der Waals surface area contributed by atoms with Crippen molar-refractivity contribution in [2.75, 3.05) is 11.1 Å². The minimum Gasteiger partial charge on any atom is -0.480 e. The second-order valence-corrected chi connectivity index (χ2v) is 6.64. The van der Waals surface area contributed by atoms with E-state index in [0.717, 1.165) is 5.56 Å². The molecule has 3 rings (SSSR count). The standard InChI is InChI=1S/C23H21N3O4/c24-18-12-6-4-10-16(18)21(27)25-19-13-7-5-11-17(19)22(28)26-20(23(29)30)14-15-8-2-1-3-9-15/h1-13,20H,14,24H2,(H,25,27)(H,26,28)(H,29,30). The molecule has 30 heavy (non-hydrogen) atoms. The Morgan fingerprint density at radius 2 is 1.40 bits per heavy atom. The summed E-state index contributed by atoms with van der Waals surface area (Å²) in [6, 6.07) is 20.9. The Kier molecular flexibility index (Phi) is 6.44. The Bertz CT molecular complexity index is 1070. The number of nitrogens with two attached hydrogens (primary N) is 1. The molecule has 0 fully saturated rings. The zero-order chi connectivity index (χ0) is 21.5. The van der Waals surface area contributed by atoms with Crippen LogP contribution in [0.2, 0.25) is 0 Å². The van der Waals surface area contributed by atoms with Crippen LogP contribution in [0.25, 0.3) is 0 Å². The molecule has 1 atom stereocenters. The molecule has 0 heterocycles. The van der Waals surface area contributed by atoms with E-state index < -0.39 is 23.8 Å². The van der Waals surface area contributed by atoms with E-state index >= 15 is 0 Å². The predicted molar refractivity (Wildman–Crippen MR) is 114 cm³/mol. The van der Waals surface area contributed by atoms with Crippen LogP contribution in [0.1, 0.15) is 26.3 Å². The first-order valence-corrected chi connectivity index (χ1v) is 9.28. The van der Waals surface area contributed by atoms with Gasteiger partial charge in [-0.1, -0.05) is 54.6 Å². The van der Waals surface area contributed by atoms with E-state index in [2.05, 4.69) is 10.6 Å². The highest BCUT2D eigenvalue weighted by atomic mass is 16.4. The van der Waals surface area contributed by atoms with Gasteiger partial charge in [-0.3, -0.25) is 9.59 Å². The Labute approximate surface area is 173 Å². The minimum absolute atomic E-state index is 0.136. The number of rotatable bonds is 7. The molecule has 0 spiro atoms. The Morgan fingerprint density at radius 3 is 2.07 bits per heavy atom. The van der Waals surface area contributed by atoms with Gasteiger partial charge < -0.3 is 21.5 Å². The number of carbonyl (C=O) groups is 3. The first-order valence-electron chi connectivity index (χ1n) is 9.28. The molecular formula is C23H21N3O4. The highest BCUT2D eigenvalue weighted by Gasteiger charge is 2.23. The maximum atomic E-state index is 12.8. The van der Waals surface area contributed by atoms with Gasteiger partial charge in [0.2, 0.25) is 0 Å². The van der Waals surface area contributed by atoms with Crippen LogP contribution in [0.5, 0.6) is 0 Å². The second-order valence-electron chi connectivity index (χ2n) is 6.64. The molecule has 152 valence electrons. The summed E-state index contributed by atoms with van der Waals surface area (Å²) in [5.74, 6) is -2.21. The molecular weight excluding hydrogens is 382 g/mol. The van der Waals surface area contributed by atoms with Crippen LogP contribution in [-0.2, 0) is 11.2 Å². The molecule has 0 aliphatic heterocycles. The lowest BCUT2D eigenvalue weighted by molar-refractivity contribution is -0.139. The van der Waals surface area contributed by atoms with Crippen LogP contribution in [0.4, 0.5) is 11.4 Å². The average Bonchev–Trinajstić information content (AvgIpc) is 2.74. The molecule has 3 aromatic carbocycles. The van der Waals surface area contributed by atoms with Gasteiger partial charge >= 0.3 is 5.97 Å². The molecule has 7 heteroatoms. The molecule has 1 unspecified atom stereocenters. The number of carboxylic acids is 1. The topological polar surface area (TPSA) is 122 Å². The van der Waals surface area contributed by atoms with Crippen molar-refractivity contribution in [3.63, 3.8) is 0 Å². The zero-order valence-corrected chi connectivity index (χ0v) is 16.0. The predicted octanol–water partition coefficient (Wildman–Crippen LogP) is 2.95. The van der Waals surface area contributed by atoms with Crippen LogP contribution >= 0.6 is 0 Å². The molecule has 7 nitrogen and oxygen atoms in total. The highest BCUT2D eigenvalue weighted by molar-refractivity contribution is 6.11. The van der Waals surface area contributed by atoms with Crippen molar-refractivity contribution in [3.05, 3.63) is 95.6 Å². The van der Waals surface area contributed by atoms with Crippen LogP contribution in [0.3, 0.4) is 0 Å². The molecule has 0 saturated carbocycles. The molecule has 0 radical (unpaired) electrons. The van der Waals surface area contributed by atoms with E-state index in [1.807, 2.05) is 6.07 Å². The van der Waals surface area contributed by atoms with Crippen molar-refractivity contribution < 1.29 is 19.5 Å². The summed E-state index contributed by atoms with van der Waals surface area (Å²) >= 11 is 0. The first-order chi connectivity index (χ1) is 14.5. The van der Waals surface area contributed by atoms with Gasteiger partial charge in [0.25, 0.3) is 11.8 Å². The Balaban J connectivity index is 1.78. The summed E-state index contributed by atoms with van der Waals surface area (Å²) in [4.78, 5) is 37.0. The second kappa shape index (κ2) is 9.38. The molecule has 5 N–H and O–H groups in total. The van der Waals surface area contributed by atoms with E-state index in [-0.39, 0.29) is 23.2 Å². The van der Waals surface area contributed by atoms with E-state index in [0.29, 0.717) is 5.69 Å². The van der Waals surface area contributed by atoms with Crippen molar-refractivity contribution in [1.29, 1.82) is 0 Å². The summed E-state index contributed by atoms with van der Waals surface area (Å²) in [7, 11) is 0. The van der Waals surface area contributed by atoms with Gasteiger partial charge in [-0.25, -0.2) is 4.79 Å². The van der Waals surface area contributed by atoms with E-state index in [9.17, 15) is 19.5 Å². The summed E-state index contributed by atoms with van der Waals surface area (Å²) in [5.41, 5.74) is 7.62. The number of hydrogen-bond acceptors (Lipinski definition) is 4. The molecule has 0 saturated heterocycles. The third-order valence-corrected chi connectivity index (χ3v) is 4.51. The Hall–Kier alpha value is -4.13. The minimum atomic E-state index is -1.15. The quantitative estimate of drug-likeness (QED) is 0.452. The zero-order valence-electron chi connectivity index (χ0n) is 16.0. The maximum absolute atomic E-state index is 12.8. The van der Waals surface area contributed by atoms with Gasteiger partial charge in [0, 0.05) is 12.1 Å². The molecule has 0 aliphatic carbocycles. The van der Waals surface area contributed by atoms with Crippen LogP contribution in [0, 0.1) is 0 Å². The normalized spacial score (nSPS) is 11.3. The fourth-order valence-corrected chi connectivity index (χ4v) is 2.97. The summed E-state index contributed by atoms with van der Waals surface area (Å²) < 4.78 is 0. The number of amides is 2. The Morgan fingerprint density at radius 1 is 0.800 bits per heavy atom. The van der Waals surface area contributed by atoms with Crippen molar-refractivity contribution in [1.82, 2.24) is 5.32 Å². The molecule has 0 bridgehead atoms. The van der Waals surface area contributed by atoms with Crippen molar-refractivity contribution >= 4 is 29.2 Å². The maximum Gasteiger partial charge on any atom is 0.326 e. The molecule has 2 amide bonds. The van der Waals surface area contributed by atoms with Gasteiger partial charge in [-0.05, 0) is 29.8 Å². The monoisotopic (exact) mass is 403 g/mol. The van der Waals surface area contributed by atoms with Crippen molar-refractivity contribution in [3.8, 4) is 0 Å². The number of hydrogen-bond donors (Lipinski definition) is 4. The van der Waals surface area contributed by atoms with Crippen LogP contribution in [-0.4, -0.2) is 28.9 Å². The smallest absolute Gasteiger partial charge is 0.326 e. The van der Waals surface area contributed by atoms with E-state index in [1.54, 1.807) is 66.7 Å². The first kappa shape index (κ1) is 20.6. The van der Waals surface area contributed by atoms with Gasteiger partial charge in [-0.15, -0.1) is 0 Å². The molecule has 0 aliphatic rings. The average molecular weight is 403 g/mol. The number of benzene rings is 3. The van der Waals surface area contributed by atoms with Gasteiger partial charge in [-0.2, -0.15) is 0 Å². The van der Waals surface area contributed by atoms with E-state index in [1.165, 1.54) is 6.07 Å². The number of carbonyl (C=O) groups excluding carboxylic acids is 2. The van der Waals surface area contributed by atoms with E-state index in [4.69, 9.17) is 5.73 Å². The molecule has 0 aromatic heterocycles. The number of carboxylic acid groups (broad SMARTS) is 1. The number of anilines is 2. The lowest BCUT2D eigenvalue weighted by atomic mass is 10.0. The van der Waals surface area contributed by atoms with Crippen molar-refractivity contribution in [2.45, 2.75) is 12.5 Å². The third kappa shape index (κ3) is 5.02. The lowest BCUT2D eigenvalue weighted by Gasteiger charge is -2.17. The van der Waals surface area contributed by atoms with Crippen molar-refractivity contribution in [2.24, 2.45) is 0 Å². The summed E-state index contributed by atoms with van der Waals surface area (Å²) in [5, 5.41) is 14.7. The summed E-state index contributed by atoms with van der Waals surface area (Å²) in [6.07, 6.45) is 0.136. The number of aliphatic carboxylic acids is 1. The third-order valence-electron chi connectivity index (χ3n) is 4.51. The highest BCUT2D eigenvalue weighted by Crippen LogP contribution is 2.19. The molecule has 3 aromatic rings. The fourth-order valence-electron chi connectivity index (χ4n) is 2.97. The van der Waals surface area contributed by atoms with Crippen LogP contribution in [0.15, 0.2) is 78.9 Å². The number of nitrogens with one attached hydrogen (secondary N) is 2. The largest absolute Gasteiger partial charge is 0.480 e. The summed E-state index contributed by atoms with van der Waals surface area (Å²) in [6.45, 7) is 0. The number of nitrogen functional groups attached to an aromatic ring is 1. The number of para-hydroxylation sites is 2. The van der Waals surface area contributed by atoms with Gasteiger partial charge in [0.05, 0.1) is 16.8 Å².